The molecule has 35 heavy (non-hydrogen) atoms. The summed E-state index contributed by atoms with van der Waals surface area (Å²) in [5.41, 5.74) is 4.68. The highest BCUT2D eigenvalue weighted by atomic mass is 16.5. The Morgan fingerprint density at radius 3 is 2.29 bits per heavy atom. The number of carboxylic acid groups (broad SMARTS) is 1. The molecule has 2 aliphatic carbocycles. The lowest BCUT2D eigenvalue weighted by atomic mass is 9.98. The Kier molecular flexibility index (Phi) is 7.73. The predicted octanol–water partition coefficient (Wildman–Crippen LogP) is 4.80. The molecule has 1 unspecified atom stereocenters. The number of aliphatic carboxylic acids is 1. The summed E-state index contributed by atoms with van der Waals surface area (Å²) in [6.45, 7) is 3.74. The van der Waals surface area contributed by atoms with Crippen LogP contribution in [0.4, 0.5) is 4.79 Å². The first-order valence-corrected chi connectivity index (χ1v) is 12.5. The van der Waals surface area contributed by atoms with Crippen molar-refractivity contribution in [3.8, 4) is 11.1 Å². The Morgan fingerprint density at radius 1 is 1.06 bits per heavy atom. The molecule has 4 rings (SSSR count). The zero-order chi connectivity index (χ0) is 24.9. The van der Waals surface area contributed by atoms with Gasteiger partial charge in [-0.3, -0.25) is 9.59 Å². The molecule has 2 aliphatic rings. The SMILES string of the molecule is CCC(C)N(CC(=O)O)C(=O)C[C@@H]1CCC[C@H]1NC(=O)OCC1c2ccccc2-c2ccccc21. The lowest BCUT2D eigenvalue weighted by molar-refractivity contribution is -0.146. The number of fused-ring (bicyclic) bond motifs is 3. The summed E-state index contributed by atoms with van der Waals surface area (Å²) in [7, 11) is 0. The van der Waals surface area contributed by atoms with Gasteiger partial charge >= 0.3 is 12.1 Å². The minimum Gasteiger partial charge on any atom is -0.480 e. The van der Waals surface area contributed by atoms with Crippen LogP contribution in [0, 0.1) is 5.92 Å². The van der Waals surface area contributed by atoms with E-state index in [0.29, 0.717) is 6.42 Å². The number of ether oxygens (including phenoxy) is 1. The second kappa shape index (κ2) is 10.9. The van der Waals surface area contributed by atoms with Crippen LogP contribution in [-0.4, -0.2) is 53.2 Å². The molecule has 0 heterocycles. The van der Waals surface area contributed by atoms with Crippen LogP contribution in [0.5, 0.6) is 0 Å². The van der Waals surface area contributed by atoms with Gasteiger partial charge in [0, 0.05) is 24.4 Å². The predicted molar refractivity (Wildman–Crippen MR) is 133 cm³/mol. The van der Waals surface area contributed by atoms with E-state index in [-0.39, 0.29) is 49.4 Å². The summed E-state index contributed by atoms with van der Waals surface area (Å²) >= 11 is 0. The third kappa shape index (κ3) is 5.50. The average Bonchev–Trinajstić information content (AvgIpc) is 3.42. The van der Waals surface area contributed by atoms with Crippen molar-refractivity contribution < 1.29 is 24.2 Å². The highest BCUT2D eigenvalue weighted by Gasteiger charge is 2.34. The maximum Gasteiger partial charge on any atom is 0.407 e. The molecule has 7 heteroatoms. The zero-order valence-electron chi connectivity index (χ0n) is 20.4. The number of hydrogen-bond donors (Lipinski definition) is 2. The highest BCUT2D eigenvalue weighted by Crippen LogP contribution is 2.44. The second-order valence-electron chi connectivity index (χ2n) is 9.64. The number of nitrogens with zero attached hydrogens (tertiary/aromatic N) is 1. The summed E-state index contributed by atoms with van der Waals surface area (Å²) in [6, 6.07) is 16.1. The van der Waals surface area contributed by atoms with E-state index in [9.17, 15) is 19.5 Å². The standard InChI is InChI=1S/C28H34N2O5/c1-3-18(2)30(16-27(32)33)26(31)15-19-9-8-14-25(19)29-28(34)35-17-24-22-12-6-4-10-20(22)21-11-5-7-13-23(21)24/h4-7,10-13,18-19,24-25H,3,8-9,14-17H2,1-2H3,(H,29,34)(H,32,33)/t18?,19-,25+/m0/s1. The quantitative estimate of drug-likeness (QED) is 0.540. The van der Waals surface area contributed by atoms with Gasteiger partial charge < -0.3 is 20.1 Å². The Bertz CT molecular complexity index is 1040. The molecule has 2 N–H and O–H groups in total. The van der Waals surface area contributed by atoms with Crippen LogP contribution in [0.2, 0.25) is 0 Å². The van der Waals surface area contributed by atoms with E-state index < -0.39 is 12.1 Å². The smallest absolute Gasteiger partial charge is 0.407 e. The molecule has 3 atom stereocenters. The van der Waals surface area contributed by atoms with Gasteiger partial charge in [-0.25, -0.2) is 4.79 Å². The third-order valence-corrected chi connectivity index (χ3v) is 7.49. The number of nitrogens with one attached hydrogen (secondary N) is 1. The van der Waals surface area contributed by atoms with Crippen molar-refractivity contribution in [3.63, 3.8) is 0 Å². The van der Waals surface area contributed by atoms with Gasteiger partial charge in [-0.2, -0.15) is 0 Å². The number of benzene rings is 2. The van der Waals surface area contributed by atoms with E-state index in [2.05, 4.69) is 29.6 Å². The molecule has 0 saturated heterocycles. The molecule has 0 bridgehead atoms. The summed E-state index contributed by atoms with van der Waals surface area (Å²) < 4.78 is 5.69. The number of rotatable bonds is 9. The second-order valence-corrected chi connectivity index (χ2v) is 9.64. The Balaban J connectivity index is 1.35. The van der Waals surface area contributed by atoms with Gasteiger partial charge in [0.1, 0.15) is 13.2 Å². The number of amides is 2. The van der Waals surface area contributed by atoms with Crippen LogP contribution in [0.15, 0.2) is 48.5 Å². The minimum atomic E-state index is -1.02. The van der Waals surface area contributed by atoms with Crippen LogP contribution in [0.3, 0.4) is 0 Å². The molecular weight excluding hydrogens is 444 g/mol. The summed E-state index contributed by atoms with van der Waals surface area (Å²) in [5, 5.41) is 12.2. The molecule has 0 aliphatic heterocycles. The first-order chi connectivity index (χ1) is 16.9. The fraction of sp³-hybridized carbons (Fsp3) is 0.464. The molecule has 2 amide bonds. The molecule has 0 radical (unpaired) electrons. The lowest BCUT2D eigenvalue weighted by Crippen LogP contribution is -2.44. The normalized spacial score (nSPS) is 19.5. The maximum absolute atomic E-state index is 12.9. The average molecular weight is 479 g/mol. The number of hydrogen-bond acceptors (Lipinski definition) is 4. The number of carbonyl (C=O) groups excluding carboxylic acids is 2. The lowest BCUT2D eigenvalue weighted by Gasteiger charge is -2.29. The van der Waals surface area contributed by atoms with E-state index in [1.807, 2.05) is 38.1 Å². The van der Waals surface area contributed by atoms with Crippen LogP contribution < -0.4 is 5.32 Å². The Hall–Kier alpha value is -3.35. The molecule has 186 valence electrons. The Labute approximate surface area is 206 Å². The van der Waals surface area contributed by atoms with Gasteiger partial charge in [0.15, 0.2) is 0 Å². The summed E-state index contributed by atoms with van der Waals surface area (Å²) in [5.74, 6) is -1.22. The monoisotopic (exact) mass is 478 g/mol. The van der Waals surface area contributed by atoms with Gasteiger partial charge in [-0.05, 0) is 54.4 Å². The van der Waals surface area contributed by atoms with Crippen molar-refractivity contribution in [2.24, 2.45) is 5.92 Å². The third-order valence-electron chi connectivity index (χ3n) is 7.49. The largest absolute Gasteiger partial charge is 0.480 e. The van der Waals surface area contributed by atoms with Crippen LogP contribution in [0.25, 0.3) is 11.1 Å². The summed E-state index contributed by atoms with van der Waals surface area (Å²) in [4.78, 5) is 38.3. The molecule has 7 nitrogen and oxygen atoms in total. The van der Waals surface area contributed by atoms with Gasteiger partial charge in [0.2, 0.25) is 5.91 Å². The van der Waals surface area contributed by atoms with Crippen LogP contribution in [0.1, 0.15) is 63.0 Å². The van der Waals surface area contributed by atoms with E-state index >= 15 is 0 Å². The topological polar surface area (TPSA) is 95.9 Å². The molecule has 1 fully saturated rings. The van der Waals surface area contributed by atoms with Crippen LogP contribution >= 0.6 is 0 Å². The Morgan fingerprint density at radius 2 is 1.69 bits per heavy atom. The number of carboxylic acids is 1. The fourth-order valence-electron chi connectivity index (χ4n) is 5.46. The first kappa shape index (κ1) is 24.8. The van der Waals surface area contributed by atoms with Crippen molar-refractivity contribution in [2.45, 2.75) is 64.0 Å². The van der Waals surface area contributed by atoms with Crippen molar-refractivity contribution in [3.05, 3.63) is 59.7 Å². The van der Waals surface area contributed by atoms with Gasteiger partial charge in [0.25, 0.3) is 0 Å². The van der Waals surface area contributed by atoms with E-state index in [0.717, 1.165) is 30.4 Å². The van der Waals surface area contributed by atoms with Crippen molar-refractivity contribution in [1.82, 2.24) is 10.2 Å². The van der Waals surface area contributed by atoms with Crippen molar-refractivity contribution in [1.29, 1.82) is 0 Å². The number of alkyl carbamates (subject to hydrolysis) is 1. The maximum atomic E-state index is 12.9. The molecule has 2 aromatic carbocycles. The van der Waals surface area contributed by atoms with E-state index in [1.165, 1.54) is 16.0 Å². The van der Waals surface area contributed by atoms with Crippen LogP contribution in [-0.2, 0) is 14.3 Å². The number of carbonyl (C=O) groups is 3. The first-order valence-electron chi connectivity index (χ1n) is 12.5. The molecule has 2 aromatic rings. The van der Waals surface area contributed by atoms with Crippen molar-refractivity contribution >= 4 is 18.0 Å². The molecule has 0 spiro atoms. The van der Waals surface area contributed by atoms with E-state index in [1.54, 1.807) is 0 Å². The summed E-state index contributed by atoms with van der Waals surface area (Å²) in [6.07, 6.45) is 2.96. The van der Waals surface area contributed by atoms with Crippen molar-refractivity contribution in [2.75, 3.05) is 13.2 Å². The molecule has 0 aromatic heterocycles. The van der Waals surface area contributed by atoms with Gasteiger partial charge in [0.05, 0.1) is 0 Å². The highest BCUT2D eigenvalue weighted by molar-refractivity contribution is 5.82. The van der Waals surface area contributed by atoms with Gasteiger partial charge in [-0.15, -0.1) is 0 Å². The molecule has 1 saturated carbocycles. The molecular formula is C28H34N2O5. The zero-order valence-corrected chi connectivity index (χ0v) is 20.4. The van der Waals surface area contributed by atoms with Gasteiger partial charge in [-0.1, -0.05) is 61.9 Å². The minimum absolute atomic E-state index is 0.00536. The van der Waals surface area contributed by atoms with E-state index in [4.69, 9.17) is 4.74 Å². The fourth-order valence-corrected chi connectivity index (χ4v) is 5.46.